The maximum absolute atomic E-state index is 9.24. The van der Waals surface area contributed by atoms with Gasteiger partial charge in [-0.05, 0) is 30.2 Å². The summed E-state index contributed by atoms with van der Waals surface area (Å²) in [7, 11) is 3.70. The highest BCUT2D eigenvalue weighted by atomic mass is 16.5. The second kappa shape index (κ2) is 5.50. The standard InChI is InChI=1S/C15H20N2O2/c1-4-12-7-13(5-6-14(12)18-3)17(2)9-15(8-16)10-19-11-15/h5-7H,4,9-11H2,1-3H3. The van der Waals surface area contributed by atoms with Crippen LogP contribution in [0.4, 0.5) is 5.69 Å². The maximum atomic E-state index is 9.24. The SMILES string of the molecule is CCc1cc(N(C)CC2(C#N)COC2)ccc1OC. The van der Waals surface area contributed by atoms with Crippen LogP contribution in [-0.4, -0.2) is 33.9 Å². The van der Waals surface area contributed by atoms with Crippen molar-refractivity contribution in [1.29, 1.82) is 5.26 Å². The van der Waals surface area contributed by atoms with Gasteiger partial charge in [-0.2, -0.15) is 5.26 Å². The number of aryl methyl sites for hydroxylation is 1. The number of ether oxygens (including phenoxy) is 2. The molecule has 2 rings (SSSR count). The average molecular weight is 260 g/mol. The van der Waals surface area contributed by atoms with Gasteiger partial charge in [0.25, 0.3) is 0 Å². The third-order valence-electron chi connectivity index (χ3n) is 3.62. The zero-order valence-corrected chi connectivity index (χ0v) is 11.8. The Labute approximate surface area is 114 Å². The normalized spacial score (nSPS) is 16.3. The molecule has 0 bridgehead atoms. The summed E-state index contributed by atoms with van der Waals surface area (Å²) in [6.07, 6.45) is 0.928. The third kappa shape index (κ3) is 2.66. The number of methoxy groups -OCH3 is 1. The first kappa shape index (κ1) is 13.7. The summed E-state index contributed by atoms with van der Waals surface area (Å²) in [6.45, 7) is 3.87. The fraction of sp³-hybridized carbons (Fsp3) is 0.533. The molecule has 1 saturated heterocycles. The minimum absolute atomic E-state index is 0.346. The summed E-state index contributed by atoms with van der Waals surface area (Å²) in [5.41, 5.74) is 1.95. The third-order valence-corrected chi connectivity index (χ3v) is 3.62. The van der Waals surface area contributed by atoms with Gasteiger partial charge in [0.15, 0.2) is 0 Å². The van der Waals surface area contributed by atoms with Gasteiger partial charge < -0.3 is 14.4 Å². The van der Waals surface area contributed by atoms with Gasteiger partial charge in [0, 0.05) is 19.3 Å². The van der Waals surface area contributed by atoms with E-state index in [1.165, 1.54) is 5.56 Å². The van der Waals surface area contributed by atoms with Gasteiger partial charge in [-0.1, -0.05) is 6.92 Å². The van der Waals surface area contributed by atoms with Crippen LogP contribution in [0.1, 0.15) is 12.5 Å². The Kier molecular flexibility index (Phi) is 3.96. The molecule has 0 aliphatic carbocycles. The quantitative estimate of drug-likeness (QED) is 0.814. The Bertz CT molecular complexity index is 489. The van der Waals surface area contributed by atoms with Crippen LogP contribution in [0.15, 0.2) is 18.2 Å². The number of nitriles is 1. The van der Waals surface area contributed by atoms with E-state index in [9.17, 15) is 5.26 Å². The molecule has 19 heavy (non-hydrogen) atoms. The number of hydrogen-bond acceptors (Lipinski definition) is 4. The molecule has 102 valence electrons. The summed E-state index contributed by atoms with van der Waals surface area (Å²) >= 11 is 0. The van der Waals surface area contributed by atoms with Crippen LogP contribution in [0.25, 0.3) is 0 Å². The van der Waals surface area contributed by atoms with Crippen LogP contribution >= 0.6 is 0 Å². The fourth-order valence-corrected chi connectivity index (χ4v) is 2.36. The Hall–Kier alpha value is -1.73. The lowest BCUT2D eigenvalue weighted by Gasteiger charge is -2.38. The van der Waals surface area contributed by atoms with Crippen LogP contribution < -0.4 is 9.64 Å². The van der Waals surface area contributed by atoms with Gasteiger partial charge in [0.05, 0.1) is 26.4 Å². The van der Waals surface area contributed by atoms with Gasteiger partial charge >= 0.3 is 0 Å². The van der Waals surface area contributed by atoms with Crippen LogP contribution in [0.3, 0.4) is 0 Å². The van der Waals surface area contributed by atoms with Gasteiger partial charge in [0.2, 0.25) is 0 Å². The first-order valence-electron chi connectivity index (χ1n) is 6.51. The van der Waals surface area contributed by atoms with Crippen molar-refractivity contribution < 1.29 is 9.47 Å². The van der Waals surface area contributed by atoms with E-state index in [4.69, 9.17) is 9.47 Å². The Morgan fingerprint density at radius 2 is 2.21 bits per heavy atom. The Morgan fingerprint density at radius 1 is 1.47 bits per heavy atom. The molecule has 0 amide bonds. The monoisotopic (exact) mass is 260 g/mol. The van der Waals surface area contributed by atoms with E-state index in [1.54, 1.807) is 7.11 Å². The van der Waals surface area contributed by atoms with Crippen LogP contribution in [0, 0.1) is 16.7 Å². The molecule has 0 spiro atoms. The van der Waals surface area contributed by atoms with E-state index in [0.29, 0.717) is 19.8 Å². The molecular formula is C15H20N2O2. The molecule has 0 radical (unpaired) electrons. The summed E-state index contributed by atoms with van der Waals surface area (Å²) in [5, 5.41) is 9.24. The molecule has 1 aliphatic rings. The van der Waals surface area contributed by atoms with Crippen molar-refractivity contribution in [1.82, 2.24) is 0 Å². The lowest BCUT2D eigenvalue weighted by Crippen LogP contribution is -2.49. The molecule has 0 N–H and O–H groups in total. The summed E-state index contributed by atoms with van der Waals surface area (Å²) in [6, 6.07) is 8.52. The smallest absolute Gasteiger partial charge is 0.122 e. The van der Waals surface area contributed by atoms with E-state index in [-0.39, 0.29) is 5.41 Å². The zero-order valence-electron chi connectivity index (χ0n) is 11.8. The minimum atomic E-state index is -0.346. The number of benzene rings is 1. The summed E-state index contributed by atoms with van der Waals surface area (Å²) in [5.74, 6) is 0.918. The highest BCUT2D eigenvalue weighted by Crippen LogP contribution is 2.31. The largest absolute Gasteiger partial charge is 0.496 e. The predicted octanol–water partition coefficient (Wildman–Crippen LogP) is 2.23. The maximum Gasteiger partial charge on any atom is 0.122 e. The van der Waals surface area contributed by atoms with Crippen molar-refractivity contribution in [3.05, 3.63) is 23.8 Å². The van der Waals surface area contributed by atoms with E-state index in [1.807, 2.05) is 19.2 Å². The Morgan fingerprint density at radius 3 is 2.68 bits per heavy atom. The molecule has 0 saturated carbocycles. The average Bonchev–Trinajstić information content (AvgIpc) is 2.41. The number of hydrogen-bond donors (Lipinski definition) is 0. The molecule has 0 unspecified atom stereocenters. The van der Waals surface area contributed by atoms with E-state index in [2.05, 4.69) is 24.0 Å². The van der Waals surface area contributed by atoms with Gasteiger partial charge in [-0.3, -0.25) is 0 Å². The molecule has 1 aromatic rings. The molecule has 1 aromatic carbocycles. The molecular weight excluding hydrogens is 240 g/mol. The second-order valence-electron chi connectivity index (χ2n) is 5.09. The molecule has 1 aliphatic heterocycles. The first-order chi connectivity index (χ1) is 9.14. The first-order valence-corrected chi connectivity index (χ1v) is 6.51. The predicted molar refractivity (Wildman–Crippen MR) is 74.5 cm³/mol. The molecule has 1 heterocycles. The van der Waals surface area contributed by atoms with Crippen molar-refractivity contribution in [3.8, 4) is 11.8 Å². The molecule has 0 aromatic heterocycles. The zero-order chi connectivity index (χ0) is 13.9. The van der Waals surface area contributed by atoms with E-state index < -0.39 is 0 Å². The minimum Gasteiger partial charge on any atom is -0.496 e. The molecule has 0 atom stereocenters. The lowest BCUT2D eigenvalue weighted by molar-refractivity contribution is -0.0716. The molecule has 4 heteroatoms. The molecule has 4 nitrogen and oxygen atoms in total. The van der Waals surface area contributed by atoms with Crippen molar-refractivity contribution in [2.24, 2.45) is 5.41 Å². The highest BCUT2D eigenvalue weighted by molar-refractivity contribution is 5.53. The van der Waals surface area contributed by atoms with E-state index in [0.717, 1.165) is 17.9 Å². The number of anilines is 1. The summed E-state index contributed by atoms with van der Waals surface area (Å²) in [4.78, 5) is 2.12. The number of rotatable bonds is 5. The van der Waals surface area contributed by atoms with Crippen LogP contribution in [-0.2, 0) is 11.2 Å². The molecule has 1 fully saturated rings. The van der Waals surface area contributed by atoms with Crippen molar-refractivity contribution >= 4 is 5.69 Å². The van der Waals surface area contributed by atoms with Crippen molar-refractivity contribution in [3.63, 3.8) is 0 Å². The van der Waals surface area contributed by atoms with E-state index >= 15 is 0 Å². The highest BCUT2D eigenvalue weighted by Gasteiger charge is 2.40. The summed E-state index contributed by atoms with van der Waals surface area (Å²) < 4.78 is 10.5. The van der Waals surface area contributed by atoms with Crippen LogP contribution in [0.5, 0.6) is 5.75 Å². The van der Waals surface area contributed by atoms with Crippen molar-refractivity contribution in [2.75, 3.05) is 38.8 Å². The second-order valence-corrected chi connectivity index (χ2v) is 5.09. The Balaban J connectivity index is 2.15. The van der Waals surface area contributed by atoms with Crippen LogP contribution in [0.2, 0.25) is 0 Å². The lowest BCUT2D eigenvalue weighted by atomic mass is 9.87. The topological polar surface area (TPSA) is 45.5 Å². The fourth-order valence-electron chi connectivity index (χ4n) is 2.36. The van der Waals surface area contributed by atoms with Gasteiger partial charge in [-0.15, -0.1) is 0 Å². The van der Waals surface area contributed by atoms with Crippen molar-refractivity contribution in [2.45, 2.75) is 13.3 Å². The van der Waals surface area contributed by atoms with Gasteiger partial charge in [-0.25, -0.2) is 0 Å². The number of nitrogens with zero attached hydrogens (tertiary/aromatic N) is 2. The van der Waals surface area contributed by atoms with Gasteiger partial charge in [0.1, 0.15) is 11.2 Å².